The molecule has 2 heterocycles. The highest BCUT2D eigenvalue weighted by atomic mass is 19.2. The van der Waals surface area contributed by atoms with Gasteiger partial charge in [0.15, 0.2) is 17.5 Å². The summed E-state index contributed by atoms with van der Waals surface area (Å²) in [5, 5.41) is 9.13. The third-order valence-electron chi connectivity index (χ3n) is 7.25. The smallest absolute Gasteiger partial charge is 0.274 e. The molecule has 3 aromatic rings. The Bertz CT molecular complexity index is 1470. The molecule has 1 aliphatic rings. The quantitative estimate of drug-likeness (QED) is 0.120. The molecule has 1 amide bonds. The number of amides is 1. The van der Waals surface area contributed by atoms with Crippen molar-refractivity contribution in [2.75, 3.05) is 42.1 Å². The molecule has 3 N–H and O–H groups in total. The van der Waals surface area contributed by atoms with Crippen LogP contribution in [0.15, 0.2) is 85.7 Å². The van der Waals surface area contributed by atoms with Crippen LogP contribution >= 0.6 is 0 Å². The van der Waals surface area contributed by atoms with Crippen LogP contribution in [0.25, 0.3) is 0 Å². The lowest BCUT2D eigenvalue weighted by Gasteiger charge is -2.28. The Balaban J connectivity index is 1.39. The maximum atomic E-state index is 13.8. The molecular weight excluding hydrogens is 574 g/mol. The monoisotopic (exact) mass is 618 g/mol. The molecule has 0 radical (unpaired) electrons. The van der Waals surface area contributed by atoms with E-state index in [4.69, 9.17) is 4.74 Å². The van der Waals surface area contributed by atoms with Crippen LogP contribution in [0.3, 0.4) is 0 Å². The van der Waals surface area contributed by atoms with E-state index in [1.54, 1.807) is 18.3 Å². The molecule has 0 atom stereocenters. The third-order valence-corrected chi connectivity index (χ3v) is 7.25. The maximum absolute atomic E-state index is 13.8. The van der Waals surface area contributed by atoms with Gasteiger partial charge in [-0.1, -0.05) is 24.8 Å². The van der Waals surface area contributed by atoms with E-state index in [-0.39, 0.29) is 11.6 Å². The normalized spacial score (nSPS) is 13.3. The zero-order valence-electron chi connectivity index (χ0n) is 26.5. The van der Waals surface area contributed by atoms with E-state index in [0.717, 1.165) is 50.2 Å². The minimum atomic E-state index is -0.926. The number of halogens is 2. The second-order valence-corrected chi connectivity index (χ2v) is 12.2. The third kappa shape index (κ3) is 10.6. The number of carbonyl (C=O) groups excluding carboxylic acids is 1. The van der Waals surface area contributed by atoms with E-state index in [1.807, 2.05) is 45.0 Å². The van der Waals surface area contributed by atoms with Gasteiger partial charge in [-0.05, 0) is 109 Å². The van der Waals surface area contributed by atoms with Crippen LogP contribution in [0.5, 0.6) is 0 Å². The summed E-state index contributed by atoms with van der Waals surface area (Å²) in [6.07, 6.45) is 6.16. The summed E-state index contributed by atoms with van der Waals surface area (Å²) in [6.45, 7) is 18.4. The number of nitrogens with one attached hydrogen (secondary N) is 3. The zero-order valence-corrected chi connectivity index (χ0v) is 26.5. The number of carbonyl (C=O) groups is 1. The first-order valence-corrected chi connectivity index (χ1v) is 15.4. The first-order chi connectivity index (χ1) is 21.5. The molecule has 4 rings (SSSR count). The summed E-state index contributed by atoms with van der Waals surface area (Å²) >= 11 is 0. The number of para-hydroxylation sites is 2. The van der Waals surface area contributed by atoms with Gasteiger partial charge in [-0.15, -0.1) is 0 Å². The first kappa shape index (κ1) is 33.5. The zero-order chi connectivity index (χ0) is 32.4. The van der Waals surface area contributed by atoms with Crippen molar-refractivity contribution in [3.05, 3.63) is 109 Å². The lowest BCUT2D eigenvalue weighted by molar-refractivity contribution is 0.0565. The van der Waals surface area contributed by atoms with Crippen LogP contribution in [0, 0.1) is 11.6 Å². The molecule has 0 bridgehead atoms. The first-order valence-electron chi connectivity index (χ1n) is 15.4. The maximum Gasteiger partial charge on any atom is 0.274 e. The number of hydrogen-bond donors (Lipinski definition) is 3. The minimum absolute atomic E-state index is 0.259. The fourth-order valence-electron chi connectivity index (χ4n) is 5.08. The van der Waals surface area contributed by atoms with E-state index >= 15 is 0 Å². The number of pyridine rings is 1. The topological polar surface area (TPSA) is 81.8 Å². The molecule has 240 valence electrons. The fraction of sp³-hybridized carbons (Fsp3) is 0.371. The van der Waals surface area contributed by atoms with Crippen molar-refractivity contribution in [2.24, 2.45) is 0 Å². The molecule has 1 aliphatic heterocycles. The van der Waals surface area contributed by atoms with Gasteiger partial charge in [-0.3, -0.25) is 9.78 Å². The summed E-state index contributed by atoms with van der Waals surface area (Å²) in [5.74, 6) is -1.26. The van der Waals surface area contributed by atoms with E-state index in [9.17, 15) is 13.6 Å². The Hall–Kier alpha value is -4.44. The Morgan fingerprint density at radius 2 is 1.67 bits per heavy atom. The van der Waals surface area contributed by atoms with E-state index < -0.39 is 17.2 Å². The highest BCUT2D eigenvalue weighted by Gasteiger charge is 2.17. The highest BCUT2D eigenvalue weighted by molar-refractivity contribution is 6.04. The van der Waals surface area contributed by atoms with E-state index in [2.05, 4.69) is 43.9 Å². The predicted octanol–water partition coefficient (Wildman–Crippen LogP) is 7.57. The van der Waals surface area contributed by atoms with Gasteiger partial charge in [0.05, 0.1) is 17.2 Å². The lowest BCUT2D eigenvalue weighted by Crippen LogP contribution is -2.28. The number of hydrogen-bond acceptors (Lipinski definition) is 7. The van der Waals surface area contributed by atoms with Crippen LogP contribution in [0.2, 0.25) is 0 Å². The van der Waals surface area contributed by atoms with Crippen molar-refractivity contribution < 1.29 is 18.3 Å². The molecular formula is C35H44F2N6O2. The number of aromatic nitrogens is 1. The van der Waals surface area contributed by atoms with Gasteiger partial charge in [-0.2, -0.15) is 0 Å². The summed E-state index contributed by atoms with van der Waals surface area (Å²) in [6, 6.07) is 14.5. The van der Waals surface area contributed by atoms with Crippen molar-refractivity contribution in [3.8, 4) is 0 Å². The average molecular weight is 619 g/mol. The molecule has 10 heteroatoms. The van der Waals surface area contributed by atoms with Crippen LogP contribution in [-0.2, 0) is 11.3 Å². The van der Waals surface area contributed by atoms with Gasteiger partial charge in [0.25, 0.3) is 5.91 Å². The molecule has 0 aliphatic carbocycles. The van der Waals surface area contributed by atoms with Crippen molar-refractivity contribution in [3.63, 3.8) is 0 Å². The van der Waals surface area contributed by atoms with Crippen molar-refractivity contribution in [1.82, 2.24) is 14.8 Å². The molecule has 0 spiro atoms. The SMILES string of the molecule is C=C(Nc1ccccc1NC(=O)c1ccc(CN(CCCCN2CCCC2)C(=C)Nc2ccc(F)c(F)c2)cn1)OC(C)(C)C. The predicted molar refractivity (Wildman–Crippen MR) is 177 cm³/mol. The summed E-state index contributed by atoms with van der Waals surface area (Å²) in [4.78, 5) is 22.1. The highest BCUT2D eigenvalue weighted by Crippen LogP contribution is 2.25. The molecule has 1 aromatic heterocycles. The van der Waals surface area contributed by atoms with Gasteiger partial charge in [0, 0.05) is 31.0 Å². The largest absolute Gasteiger partial charge is 0.474 e. The van der Waals surface area contributed by atoms with Crippen LogP contribution < -0.4 is 16.0 Å². The van der Waals surface area contributed by atoms with Crippen molar-refractivity contribution in [1.29, 1.82) is 0 Å². The van der Waals surface area contributed by atoms with Gasteiger partial charge in [0.1, 0.15) is 11.3 Å². The number of anilines is 3. The van der Waals surface area contributed by atoms with Gasteiger partial charge in [-0.25, -0.2) is 8.78 Å². The van der Waals surface area contributed by atoms with Crippen LogP contribution in [0.4, 0.5) is 25.8 Å². The van der Waals surface area contributed by atoms with Crippen molar-refractivity contribution >= 4 is 23.0 Å². The Kier molecular flexibility index (Phi) is 11.5. The average Bonchev–Trinajstić information content (AvgIpc) is 3.50. The summed E-state index contributed by atoms with van der Waals surface area (Å²) in [5.41, 5.74) is 2.33. The number of rotatable bonds is 15. The second-order valence-electron chi connectivity index (χ2n) is 12.2. The second kappa shape index (κ2) is 15.5. The number of nitrogens with zero attached hydrogens (tertiary/aromatic N) is 3. The molecule has 1 saturated heterocycles. The molecule has 45 heavy (non-hydrogen) atoms. The Morgan fingerprint density at radius 1 is 0.956 bits per heavy atom. The van der Waals surface area contributed by atoms with Gasteiger partial charge in [0.2, 0.25) is 0 Å². The standard InChI is InChI=1S/C35H44F2N6O2/c1-25(39-28-15-16-29(36)30(37)22-28)43(21-11-10-20-42-18-8-9-19-42)24-27-14-17-33(38-23-27)34(44)41-32-13-7-6-12-31(32)40-26(2)45-35(3,4)5/h6-7,12-17,22-23,39-40H,1-2,8-11,18-21,24H2,3-5H3,(H,41,44). The molecule has 8 nitrogen and oxygen atoms in total. The van der Waals surface area contributed by atoms with E-state index in [1.165, 1.54) is 18.9 Å². The molecule has 0 unspecified atom stereocenters. The fourth-order valence-corrected chi connectivity index (χ4v) is 5.08. The van der Waals surface area contributed by atoms with E-state index in [0.29, 0.717) is 41.9 Å². The lowest BCUT2D eigenvalue weighted by atomic mass is 10.2. The number of ether oxygens (including phenoxy) is 1. The molecule has 2 aromatic carbocycles. The van der Waals surface area contributed by atoms with Crippen LogP contribution in [-0.4, -0.2) is 52.5 Å². The van der Waals surface area contributed by atoms with Gasteiger partial charge < -0.3 is 30.5 Å². The summed E-state index contributed by atoms with van der Waals surface area (Å²) in [7, 11) is 0. The Labute approximate surface area is 265 Å². The Morgan fingerprint density at radius 3 is 2.31 bits per heavy atom. The van der Waals surface area contributed by atoms with Crippen molar-refractivity contribution in [2.45, 2.75) is 58.6 Å². The number of likely N-dealkylation sites (tertiary alicyclic amines) is 1. The molecule has 1 fully saturated rings. The van der Waals surface area contributed by atoms with Crippen LogP contribution in [0.1, 0.15) is 62.5 Å². The summed E-state index contributed by atoms with van der Waals surface area (Å²) < 4.78 is 33.1. The number of unbranched alkanes of at least 4 members (excludes halogenated alkanes) is 1. The minimum Gasteiger partial charge on any atom is -0.474 e. The van der Waals surface area contributed by atoms with Gasteiger partial charge >= 0.3 is 0 Å². The number of benzene rings is 2. The molecule has 0 saturated carbocycles.